The number of nitrogens with zero attached hydrogens (tertiary/aromatic N) is 3. The summed E-state index contributed by atoms with van der Waals surface area (Å²) in [7, 11) is 0. The van der Waals surface area contributed by atoms with E-state index in [-0.39, 0.29) is 5.91 Å². The minimum Gasteiger partial charge on any atom is -0.320 e. The second-order valence-corrected chi connectivity index (χ2v) is 9.22. The van der Waals surface area contributed by atoms with E-state index in [0.29, 0.717) is 17.1 Å². The van der Waals surface area contributed by atoms with E-state index in [0.717, 1.165) is 36.5 Å². The van der Waals surface area contributed by atoms with Crippen molar-refractivity contribution < 1.29 is 4.79 Å². The highest BCUT2D eigenvalue weighted by atomic mass is 32.1. The maximum atomic E-state index is 12.6. The number of carbonyl (C=O) groups excluding carboxylic acids is 1. The summed E-state index contributed by atoms with van der Waals surface area (Å²) < 4.78 is 0. The van der Waals surface area contributed by atoms with Gasteiger partial charge >= 0.3 is 0 Å². The number of aryl methyl sites for hydroxylation is 2. The fourth-order valence-electron chi connectivity index (χ4n) is 4.35. The minimum atomic E-state index is -0.188. The van der Waals surface area contributed by atoms with Crippen molar-refractivity contribution >= 4 is 22.9 Å². The first kappa shape index (κ1) is 19.4. The molecule has 1 N–H and O–H groups in total. The highest BCUT2D eigenvalue weighted by Crippen LogP contribution is 2.42. The van der Waals surface area contributed by atoms with Crippen molar-refractivity contribution in [1.29, 1.82) is 0 Å². The van der Waals surface area contributed by atoms with E-state index in [1.165, 1.54) is 40.9 Å². The highest BCUT2D eigenvalue weighted by molar-refractivity contribution is 7.13. The zero-order valence-electron chi connectivity index (χ0n) is 17.2. The summed E-state index contributed by atoms with van der Waals surface area (Å²) in [4.78, 5) is 15.2. The highest BCUT2D eigenvalue weighted by Gasteiger charge is 2.38. The molecule has 2 aliphatic rings. The first-order valence-electron chi connectivity index (χ1n) is 10.8. The number of fused-ring (bicyclic) bond motifs is 1. The summed E-state index contributed by atoms with van der Waals surface area (Å²) in [5.74, 6) is -0.188. The zero-order valence-corrected chi connectivity index (χ0v) is 18.0. The van der Waals surface area contributed by atoms with Gasteiger partial charge in [-0.1, -0.05) is 54.7 Å². The Morgan fingerprint density at radius 3 is 2.67 bits per heavy atom. The lowest BCUT2D eigenvalue weighted by atomic mass is 10.1. The molecule has 154 valence electrons. The Morgan fingerprint density at radius 2 is 1.90 bits per heavy atom. The van der Waals surface area contributed by atoms with Crippen molar-refractivity contribution in [2.75, 3.05) is 5.32 Å². The molecule has 30 heavy (non-hydrogen) atoms. The van der Waals surface area contributed by atoms with Crippen LogP contribution >= 0.6 is 11.3 Å². The molecule has 2 aromatic carbocycles. The molecule has 1 atom stereocenters. The molecule has 0 bridgehead atoms. The van der Waals surface area contributed by atoms with Crippen LogP contribution in [0.3, 0.4) is 0 Å². The van der Waals surface area contributed by atoms with E-state index in [1.54, 1.807) is 0 Å². The van der Waals surface area contributed by atoms with Gasteiger partial charge in [-0.2, -0.15) is 0 Å². The van der Waals surface area contributed by atoms with Crippen molar-refractivity contribution in [2.24, 2.45) is 0 Å². The number of benzene rings is 2. The van der Waals surface area contributed by atoms with Crippen LogP contribution < -0.4 is 5.32 Å². The van der Waals surface area contributed by atoms with Gasteiger partial charge in [-0.3, -0.25) is 9.69 Å². The molecule has 0 aliphatic heterocycles. The Hall–Kier alpha value is -2.57. The lowest BCUT2D eigenvalue weighted by Gasteiger charge is -2.28. The van der Waals surface area contributed by atoms with Gasteiger partial charge in [0.1, 0.15) is 5.01 Å². The van der Waals surface area contributed by atoms with Crippen LogP contribution in [0.15, 0.2) is 48.5 Å². The molecule has 1 saturated carbocycles. The monoisotopic (exact) mass is 418 g/mol. The average Bonchev–Trinajstić information content (AvgIpc) is 3.36. The molecule has 0 saturated heterocycles. The molecule has 1 amide bonds. The standard InChI is InChI=1S/C24H26N4OS/c1-2-16-7-10-18(11-8-16)25-23(29)24-27-26-22(30-24)15-28(19-12-13-19)21-14-9-17-5-3-4-6-20(17)21/h3-8,10-11,19,21H,2,9,12-15H2,1H3,(H,25,29)/t21-/m0/s1. The van der Waals surface area contributed by atoms with Gasteiger partial charge in [0, 0.05) is 17.8 Å². The first-order valence-corrected chi connectivity index (χ1v) is 11.6. The van der Waals surface area contributed by atoms with Crippen molar-refractivity contribution in [2.45, 2.75) is 57.7 Å². The molecule has 5 rings (SSSR count). The van der Waals surface area contributed by atoms with Crippen LogP contribution in [0.25, 0.3) is 0 Å². The van der Waals surface area contributed by atoms with Crippen LogP contribution in [0, 0.1) is 0 Å². The SMILES string of the molecule is CCc1ccc(NC(=O)c2nnc(CN(C3CC3)[C@H]3CCc4ccccc43)s2)cc1. The number of aromatic nitrogens is 2. The minimum absolute atomic E-state index is 0.188. The second-order valence-electron chi connectivity index (χ2n) is 8.16. The zero-order chi connectivity index (χ0) is 20.5. The molecule has 1 heterocycles. The second kappa shape index (κ2) is 8.28. The normalized spacial score (nSPS) is 17.9. The smallest absolute Gasteiger partial charge is 0.286 e. The maximum absolute atomic E-state index is 12.6. The summed E-state index contributed by atoms with van der Waals surface area (Å²) in [6.07, 6.45) is 5.79. The van der Waals surface area contributed by atoms with Gasteiger partial charge in [-0.05, 0) is 60.9 Å². The summed E-state index contributed by atoms with van der Waals surface area (Å²) in [6, 6.07) is 17.8. The Balaban J connectivity index is 1.28. The van der Waals surface area contributed by atoms with Crippen LogP contribution in [-0.2, 0) is 19.4 Å². The third kappa shape index (κ3) is 4.02. The number of nitrogens with one attached hydrogen (secondary N) is 1. The number of rotatable bonds is 7. The summed E-state index contributed by atoms with van der Waals surface area (Å²) in [6.45, 7) is 2.88. The van der Waals surface area contributed by atoms with Gasteiger partial charge in [0.15, 0.2) is 0 Å². The predicted octanol–water partition coefficient (Wildman–Crippen LogP) is 5.00. The van der Waals surface area contributed by atoms with E-state index >= 15 is 0 Å². The number of anilines is 1. The van der Waals surface area contributed by atoms with Crippen LogP contribution in [0.4, 0.5) is 5.69 Å². The Bertz CT molecular complexity index is 1040. The van der Waals surface area contributed by atoms with E-state index in [4.69, 9.17) is 0 Å². The summed E-state index contributed by atoms with van der Waals surface area (Å²) >= 11 is 1.41. The van der Waals surface area contributed by atoms with Crippen LogP contribution in [-0.4, -0.2) is 27.0 Å². The maximum Gasteiger partial charge on any atom is 0.286 e. The quantitative estimate of drug-likeness (QED) is 0.586. The fourth-order valence-corrected chi connectivity index (χ4v) is 5.10. The average molecular weight is 419 g/mol. The molecule has 5 nitrogen and oxygen atoms in total. The topological polar surface area (TPSA) is 58.1 Å². The molecule has 0 radical (unpaired) electrons. The molecule has 1 fully saturated rings. The largest absolute Gasteiger partial charge is 0.320 e. The molecule has 3 aromatic rings. The van der Waals surface area contributed by atoms with Crippen molar-refractivity contribution in [1.82, 2.24) is 15.1 Å². The van der Waals surface area contributed by atoms with E-state index in [9.17, 15) is 4.79 Å². The third-order valence-corrected chi connectivity index (χ3v) is 7.02. The molecule has 6 heteroatoms. The molecular formula is C24H26N4OS. The predicted molar refractivity (Wildman–Crippen MR) is 120 cm³/mol. The van der Waals surface area contributed by atoms with Crippen molar-refractivity contribution in [3.8, 4) is 0 Å². The first-order chi connectivity index (χ1) is 14.7. The molecule has 0 unspecified atom stereocenters. The third-order valence-electron chi connectivity index (χ3n) is 6.12. The van der Waals surface area contributed by atoms with E-state index in [1.807, 2.05) is 24.3 Å². The Morgan fingerprint density at radius 1 is 1.10 bits per heavy atom. The lowest BCUT2D eigenvalue weighted by molar-refractivity contribution is 0.102. The summed E-state index contributed by atoms with van der Waals surface area (Å²) in [5.41, 5.74) is 4.97. The molecule has 2 aliphatic carbocycles. The van der Waals surface area contributed by atoms with Crippen LogP contribution in [0.1, 0.15) is 63.7 Å². The Labute approximate surface area is 181 Å². The van der Waals surface area contributed by atoms with Crippen molar-refractivity contribution in [3.63, 3.8) is 0 Å². The Kier molecular flexibility index (Phi) is 5.35. The number of carbonyl (C=O) groups is 1. The van der Waals surface area contributed by atoms with Gasteiger partial charge in [0.2, 0.25) is 5.01 Å². The number of amides is 1. The number of hydrogen-bond acceptors (Lipinski definition) is 5. The molecule has 0 spiro atoms. The van der Waals surface area contributed by atoms with Gasteiger partial charge in [-0.25, -0.2) is 0 Å². The van der Waals surface area contributed by atoms with Gasteiger partial charge in [0.25, 0.3) is 5.91 Å². The molecular weight excluding hydrogens is 392 g/mol. The van der Waals surface area contributed by atoms with Gasteiger partial charge in [-0.15, -0.1) is 10.2 Å². The summed E-state index contributed by atoms with van der Waals surface area (Å²) in [5, 5.41) is 12.8. The van der Waals surface area contributed by atoms with E-state index in [2.05, 4.69) is 51.6 Å². The molecule has 1 aromatic heterocycles. The number of hydrogen-bond donors (Lipinski definition) is 1. The van der Waals surface area contributed by atoms with Crippen LogP contribution in [0.2, 0.25) is 0 Å². The lowest BCUT2D eigenvalue weighted by Crippen LogP contribution is -2.29. The van der Waals surface area contributed by atoms with E-state index < -0.39 is 0 Å². The fraction of sp³-hybridized carbons (Fsp3) is 0.375. The van der Waals surface area contributed by atoms with Gasteiger partial charge in [0.05, 0.1) is 6.54 Å². The van der Waals surface area contributed by atoms with Crippen LogP contribution in [0.5, 0.6) is 0 Å². The van der Waals surface area contributed by atoms with Gasteiger partial charge < -0.3 is 5.32 Å². The van der Waals surface area contributed by atoms with Crippen molar-refractivity contribution in [3.05, 3.63) is 75.2 Å².